The van der Waals surface area contributed by atoms with Crippen molar-refractivity contribution >= 4 is 11.0 Å². The molecule has 14 atom stereocenters. The Balaban J connectivity index is 1.40. The SMILES string of the molecule is COc1cc(-c2oc3cc(OC4OC(C)C(O)C(O)C4OC4OCC(O)C(O)C4O)cc(O)c3c(=O)c2OC2OC(CO)C(O)C(O)C2O)ccc1O. The smallest absolute Gasteiger partial charge is 0.239 e. The minimum Gasteiger partial charge on any atom is -0.507 e. The van der Waals surface area contributed by atoms with Gasteiger partial charge < -0.3 is 93.7 Å². The largest absolute Gasteiger partial charge is 0.507 e. The number of rotatable bonds is 9. The quantitative estimate of drug-likeness (QED) is 0.102. The standard InChI is InChI=1S/C33H40O20/c1-10-20(38)25(43)30(53-31-26(44)21(39)15(37)9-47-31)33(48-10)49-12-6-14(36)19-17(7-12)50-28(11-3-4-13(35)16(5-11)46-2)29(23(19)41)52-32-27(45)24(42)22(40)18(8-34)51-32/h3-7,10,15,18,20-22,24-27,30-40,42-45H,8-9H2,1-2H3. The van der Waals surface area contributed by atoms with E-state index in [9.17, 15) is 61.0 Å². The predicted molar refractivity (Wildman–Crippen MR) is 172 cm³/mol. The number of hydrogen-bond acceptors (Lipinski definition) is 20. The van der Waals surface area contributed by atoms with E-state index < -0.39 is 122 Å². The van der Waals surface area contributed by atoms with Gasteiger partial charge in [-0.2, -0.15) is 0 Å². The van der Waals surface area contributed by atoms with Crippen LogP contribution in [0.5, 0.6) is 28.7 Å². The minimum atomic E-state index is -1.94. The third kappa shape index (κ3) is 7.34. The summed E-state index contributed by atoms with van der Waals surface area (Å²) in [4.78, 5) is 14.1. The van der Waals surface area contributed by atoms with Crippen LogP contribution in [0.3, 0.4) is 0 Å². The minimum absolute atomic E-state index is 0.0532. The van der Waals surface area contributed by atoms with E-state index in [2.05, 4.69) is 0 Å². The Kier molecular flexibility index (Phi) is 11.3. The highest BCUT2D eigenvalue weighted by Gasteiger charge is 2.49. The summed E-state index contributed by atoms with van der Waals surface area (Å²) in [5.41, 5.74) is -1.32. The van der Waals surface area contributed by atoms with E-state index >= 15 is 0 Å². The monoisotopic (exact) mass is 756 g/mol. The van der Waals surface area contributed by atoms with Gasteiger partial charge in [-0.15, -0.1) is 0 Å². The highest BCUT2D eigenvalue weighted by Crippen LogP contribution is 2.40. The Morgan fingerprint density at radius 3 is 2.19 bits per heavy atom. The van der Waals surface area contributed by atoms with Crippen molar-refractivity contribution in [1.29, 1.82) is 0 Å². The average Bonchev–Trinajstić information content (AvgIpc) is 3.13. The van der Waals surface area contributed by atoms with E-state index in [-0.39, 0.29) is 34.2 Å². The molecule has 3 aliphatic rings. The Morgan fingerprint density at radius 1 is 0.774 bits per heavy atom. The van der Waals surface area contributed by atoms with Crippen molar-refractivity contribution in [1.82, 2.24) is 0 Å². The molecule has 53 heavy (non-hydrogen) atoms. The summed E-state index contributed by atoms with van der Waals surface area (Å²) in [6.45, 7) is 0.179. The first kappa shape index (κ1) is 38.8. The van der Waals surface area contributed by atoms with Crippen LogP contribution in [0.15, 0.2) is 39.5 Å². The van der Waals surface area contributed by atoms with E-state index in [4.69, 9.17) is 37.6 Å². The molecule has 0 spiro atoms. The molecule has 0 aliphatic carbocycles. The molecule has 3 aromatic rings. The zero-order chi connectivity index (χ0) is 38.5. The number of fused-ring (bicyclic) bond motifs is 1. The zero-order valence-electron chi connectivity index (χ0n) is 28.0. The summed E-state index contributed by atoms with van der Waals surface area (Å²) < 4.78 is 45.0. The first-order chi connectivity index (χ1) is 25.1. The van der Waals surface area contributed by atoms with Gasteiger partial charge in [-0.05, 0) is 25.1 Å². The van der Waals surface area contributed by atoms with Crippen LogP contribution in [0.4, 0.5) is 0 Å². The number of ether oxygens (including phenoxy) is 7. The van der Waals surface area contributed by atoms with E-state index in [1.807, 2.05) is 0 Å². The molecule has 0 amide bonds. The van der Waals surface area contributed by atoms with Gasteiger partial charge in [0.2, 0.25) is 23.8 Å². The summed E-state index contributed by atoms with van der Waals surface area (Å²) in [5, 5.41) is 113. The first-order valence-corrected chi connectivity index (χ1v) is 16.3. The fraction of sp³-hybridized carbons (Fsp3) is 0.545. The van der Waals surface area contributed by atoms with Gasteiger partial charge in [0.15, 0.2) is 29.7 Å². The van der Waals surface area contributed by atoms with Gasteiger partial charge in [-0.3, -0.25) is 4.79 Å². The van der Waals surface area contributed by atoms with Crippen LogP contribution in [0.2, 0.25) is 0 Å². The van der Waals surface area contributed by atoms with E-state index in [1.54, 1.807) is 0 Å². The molecule has 20 nitrogen and oxygen atoms in total. The summed E-state index contributed by atoms with van der Waals surface area (Å²) in [6.07, 6.45) is -22.8. The number of methoxy groups -OCH3 is 1. The molecule has 1 aromatic heterocycles. The lowest BCUT2D eigenvalue weighted by atomic mass is 9.99. The second kappa shape index (κ2) is 15.5. The lowest BCUT2D eigenvalue weighted by molar-refractivity contribution is -0.341. The third-order valence-electron chi connectivity index (χ3n) is 9.21. The topological polar surface area (TPSA) is 317 Å². The van der Waals surface area contributed by atoms with Crippen molar-refractivity contribution in [2.75, 3.05) is 20.3 Å². The lowest BCUT2D eigenvalue weighted by Gasteiger charge is -2.44. The van der Waals surface area contributed by atoms with Crippen LogP contribution in [0, 0.1) is 0 Å². The first-order valence-electron chi connectivity index (χ1n) is 16.3. The second-order valence-corrected chi connectivity index (χ2v) is 12.8. The Bertz CT molecular complexity index is 1820. The molecule has 14 unspecified atom stereocenters. The van der Waals surface area contributed by atoms with Crippen LogP contribution in [-0.2, 0) is 18.9 Å². The fourth-order valence-corrected chi connectivity index (χ4v) is 6.15. The van der Waals surface area contributed by atoms with E-state index in [0.717, 1.165) is 12.1 Å². The number of aromatic hydroxyl groups is 2. The maximum atomic E-state index is 14.1. The van der Waals surface area contributed by atoms with Crippen LogP contribution in [-0.4, -0.2) is 163 Å². The third-order valence-corrected chi connectivity index (χ3v) is 9.21. The number of hydrogen-bond donors (Lipinski definition) is 11. The molecular formula is C33H40O20. The Morgan fingerprint density at radius 2 is 1.49 bits per heavy atom. The van der Waals surface area contributed by atoms with Crippen molar-refractivity contribution in [2.45, 2.75) is 92.9 Å². The van der Waals surface area contributed by atoms with Gasteiger partial charge in [-0.1, -0.05) is 0 Å². The molecule has 4 heterocycles. The van der Waals surface area contributed by atoms with Gasteiger partial charge in [0.05, 0.1) is 26.4 Å². The molecule has 3 fully saturated rings. The normalized spacial score (nSPS) is 36.3. The number of phenols is 2. The molecule has 292 valence electrons. The van der Waals surface area contributed by atoms with Gasteiger partial charge in [0.1, 0.15) is 77.4 Å². The molecule has 0 bridgehead atoms. The number of benzene rings is 2. The van der Waals surface area contributed by atoms with Crippen molar-refractivity contribution < 1.29 is 93.7 Å². The van der Waals surface area contributed by atoms with E-state index in [1.165, 1.54) is 32.2 Å². The number of phenolic OH excluding ortho intramolecular Hbond substituents is 2. The second-order valence-electron chi connectivity index (χ2n) is 12.8. The average molecular weight is 757 g/mol. The van der Waals surface area contributed by atoms with Crippen molar-refractivity contribution in [3.8, 4) is 40.1 Å². The summed E-state index contributed by atoms with van der Waals surface area (Å²) in [7, 11) is 1.26. The highest BCUT2D eigenvalue weighted by molar-refractivity contribution is 5.88. The lowest BCUT2D eigenvalue weighted by Crippen LogP contribution is -2.62. The Labute approximate surface area is 298 Å². The molecule has 3 aliphatic heterocycles. The molecule has 3 saturated heterocycles. The molecule has 6 rings (SSSR count). The molecule has 0 radical (unpaired) electrons. The van der Waals surface area contributed by atoms with Gasteiger partial charge >= 0.3 is 0 Å². The Hall–Kier alpha value is -3.87. The van der Waals surface area contributed by atoms with Crippen molar-refractivity contribution in [3.05, 3.63) is 40.6 Å². The molecular weight excluding hydrogens is 716 g/mol. The highest BCUT2D eigenvalue weighted by atomic mass is 16.8. The van der Waals surface area contributed by atoms with Crippen LogP contribution in [0.25, 0.3) is 22.3 Å². The summed E-state index contributed by atoms with van der Waals surface area (Å²) in [6, 6.07) is 5.90. The fourth-order valence-electron chi connectivity index (χ4n) is 6.15. The van der Waals surface area contributed by atoms with Crippen LogP contribution >= 0.6 is 0 Å². The van der Waals surface area contributed by atoms with E-state index in [0.29, 0.717) is 0 Å². The van der Waals surface area contributed by atoms with Crippen molar-refractivity contribution in [2.24, 2.45) is 0 Å². The van der Waals surface area contributed by atoms with Gasteiger partial charge in [0, 0.05) is 17.7 Å². The maximum Gasteiger partial charge on any atom is 0.239 e. The number of aliphatic hydroxyl groups excluding tert-OH is 9. The zero-order valence-corrected chi connectivity index (χ0v) is 28.0. The molecule has 11 N–H and O–H groups in total. The molecule has 0 saturated carbocycles. The number of aliphatic hydroxyl groups is 9. The maximum absolute atomic E-state index is 14.1. The van der Waals surface area contributed by atoms with Crippen LogP contribution in [0.1, 0.15) is 6.92 Å². The molecule has 2 aromatic carbocycles. The summed E-state index contributed by atoms with van der Waals surface area (Å²) in [5.74, 6) is -2.39. The van der Waals surface area contributed by atoms with Crippen molar-refractivity contribution in [3.63, 3.8) is 0 Å². The van der Waals surface area contributed by atoms with Gasteiger partial charge in [0.25, 0.3) is 0 Å². The van der Waals surface area contributed by atoms with Crippen LogP contribution < -0.4 is 19.6 Å². The predicted octanol–water partition coefficient (Wildman–Crippen LogP) is -3.27. The summed E-state index contributed by atoms with van der Waals surface area (Å²) >= 11 is 0. The molecule has 20 heteroatoms. The van der Waals surface area contributed by atoms with Gasteiger partial charge in [-0.25, -0.2) is 0 Å².